The first kappa shape index (κ1) is 19.0. The monoisotopic (exact) mass is 337 g/mol. The lowest BCUT2D eigenvalue weighted by Gasteiger charge is -2.22. The van der Waals surface area contributed by atoms with Gasteiger partial charge in [-0.05, 0) is 45.9 Å². The molecule has 1 N–H and O–H groups in total. The lowest BCUT2D eigenvalue weighted by molar-refractivity contribution is 0.112. The standard InChI is InChI=1S/C18H31N3O3/c1-19(2)8-9-24-17-7-6-14(10-18(17)23-5)11-21-12-15(20(3)4)16(22)13-21/h6-7,10,15-16,22H,8-9,11-13H2,1-5H3/t15-,16-/m0/s1. The number of aliphatic hydroxyl groups is 1. The Kier molecular flexibility index (Phi) is 6.86. The van der Waals surface area contributed by atoms with Gasteiger partial charge in [0.15, 0.2) is 11.5 Å². The van der Waals surface area contributed by atoms with Crippen molar-refractivity contribution in [3.05, 3.63) is 23.8 Å². The summed E-state index contributed by atoms with van der Waals surface area (Å²) < 4.78 is 11.3. The van der Waals surface area contributed by atoms with Crippen molar-refractivity contribution in [2.45, 2.75) is 18.7 Å². The summed E-state index contributed by atoms with van der Waals surface area (Å²) in [5.74, 6) is 1.53. The predicted molar refractivity (Wildman–Crippen MR) is 95.8 cm³/mol. The van der Waals surface area contributed by atoms with E-state index >= 15 is 0 Å². The Hall–Kier alpha value is -1.34. The van der Waals surface area contributed by atoms with Crippen molar-refractivity contribution in [2.75, 3.05) is 61.5 Å². The second kappa shape index (κ2) is 8.67. The maximum Gasteiger partial charge on any atom is 0.161 e. The van der Waals surface area contributed by atoms with Crippen LogP contribution in [0.1, 0.15) is 5.56 Å². The number of hydrogen-bond acceptors (Lipinski definition) is 6. The number of hydrogen-bond donors (Lipinski definition) is 1. The zero-order valence-corrected chi connectivity index (χ0v) is 15.5. The van der Waals surface area contributed by atoms with Gasteiger partial charge in [-0.15, -0.1) is 0 Å². The normalized spacial score (nSPS) is 21.7. The van der Waals surface area contributed by atoms with Crippen LogP contribution in [0.5, 0.6) is 11.5 Å². The minimum absolute atomic E-state index is 0.195. The van der Waals surface area contributed by atoms with E-state index in [1.807, 2.05) is 40.3 Å². The van der Waals surface area contributed by atoms with Crippen molar-refractivity contribution < 1.29 is 14.6 Å². The first-order valence-corrected chi connectivity index (χ1v) is 8.42. The Morgan fingerprint density at radius 2 is 1.92 bits per heavy atom. The van der Waals surface area contributed by atoms with Crippen molar-refractivity contribution in [1.29, 1.82) is 0 Å². The molecule has 0 radical (unpaired) electrons. The molecule has 0 bridgehead atoms. The Labute approximate surface area is 145 Å². The summed E-state index contributed by atoms with van der Waals surface area (Å²) in [6, 6.07) is 6.27. The number of ether oxygens (including phenoxy) is 2. The summed E-state index contributed by atoms with van der Waals surface area (Å²) in [7, 11) is 9.74. The number of likely N-dealkylation sites (tertiary alicyclic amines) is 1. The van der Waals surface area contributed by atoms with E-state index in [0.717, 1.165) is 31.1 Å². The third-order valence-electron chi connectivity index (χ3n) is 4.43. The maximum atomic E-state index is 10.2. The molecule has 6 nitrogen and oxygen atoms in total. The van der Waals surface area contributed by atoms with Crippen LogP contribution in [0.3, 0.4) is 0 Å². The molecule has 0 saturated carbocycles. The van der Waals surface area contributed by atoms with Gasteiger partial charge in [0.25, 0.3) is 0 Å². The molecular formula is C18H31N3O3. The average molecular weight is 337 g/mol. The van der Waals surface area contributed by atoms with Crippen molar-refractivity contribution in [3.8, 4) is 11.5 Å². The summed E-state index contributed by atoms with van der Waals surface area (Å²) in [5, 5.41) is 10.2. The van der Waals surface area contributed by atoms with E-state index < -0.39 is 0 Å². The predicted octanol–water partition coefficient (Wildman–Crippen LogP) is 0.742. The molecule has 0 aromatic heterocycles. The molecule has 2 rings (SSSR count). The van der Waals surface area contributed by atoms with E-state index in [2.05, 4.69) is 20.8 Å². The quantitative estimate of drug-likeness (QED) is 0.755. The van der Waals surface area contributed by atoms with Gasteiger partial charge in [-0.25, -0.2) is 0 Å². The molecule has 1 aromatic rings. The summed E-state index contributed by atoms with van der Waals surface area (Å²) in [5.41, 5.74) is 1.17. The van der Waals surface area contributed by atoms with Crippen LogP contribution in [0.15, 0.2) is 18.2 Å². The van der Waals surface area contributed by atoms with Gasteiger partial charge in [0.05, 0.1) is 13.2 Å². The van der Waals surface area contributed by atoms with Crippen LogP contribution < -0.4 is 9.47 Å². The Balaban J connectivity index is 1.97. The molecule has 24 heavy (non-hydrogen) atoms. The molecule has 1 aliphatic heterocycles. The highest BCUT2D eigenvalue weighted by Gasteiger charge is 2.32. The van der Waals surface area contributed by atoms with Gasteiger partial charge in [-0.3, -0.25) is 4.90 Å². The minimum Gasteiger partial charge on any atom is -0.493 e. The average Bonchev–Trinajstić information content (AvgIpc) is 2.88. The fourth-order valence-corrected chi connectivity index (χ4v) is 3.01. The van der Waals surface area contributed by atoms with Crippen LogP contribution in [-0.2, 0) is 6.54 Å². The highest BCUT2D eigenvalue weighted by Crippen LogP contribution is 2.29. The van der Waals surface area contributed by atoms with Gasteiger partial charge >= 0.3 is 0 Å². The Bertz CT molecular complexity index is 522. The van der Waals surface area contributed by atoms with E-state index in [4.69, 9.17) is 9.47 Å². The smallest absolute Gasteiger partial charge is 0.161 e. The third-order valence-corrected chi connectivity index (χ3v) is 4.43. The molecule has 1 aromatic carbocycles. The molecule has 1 aliphatic rings. The highest BCUT2D eigenvalue weighted by atomic mass is 16.5. The van der Waals surface area contributed by atoms with Crippen LogP contribution in [0, 0.1) is 0 Å². The molecule has 0 unspecified atom stereocenters. The topological polar surface area (TPSA) is 48.4 Å². The Morgan fingerprint density at radius 3 is 2.50 bits per heavy atom. The number of β-amino-alcohol motifs (C(OH)–C–C–N with tert-alkyl or cyclic N) is 1. The minimum atomic E-state index is -0.296. The molecule has 0 spiro atoms. The van der Waals surface area contributed by atoms with E-state index in [-0.39, 0.29) is 12.1 Å². The molecule has 1 fully saturated rings. The van der Waals surface area contributed by atoms with E-state index in [0.29, 0.717) is 13.2 Å². The summed E-state index contributed by atoms with van der Waals surface area (Å²) in [6.07, 6.45) is -0.296. The second-order valence-electron chi connectivity index (χ2n) is 6.93. The molecule has 1 saturated heterocycles. The first-order valence-electron chi connectivity index (χ1n) is 8.42. The fraction of sp³-hybridized carbons (Fsp3) is 0.667. The van der Waals surface area contributed by atoms with Gasteiger partial charge in [0.2, 0.25) is 0 Å². The molecule has 0 amide bonds. The van der Waals surface area contributed by atoms with Gasteiger partial charge < -0.3 is 24.4 Å². The van der Waals surface area contributed by atoms with Crippen molar-refractivity contribution in [1.82, 2.24) is 14.7 Å². The van der Waals surface area contributed by atoms with Gasteiger partial charge in [0.1, 0.15) is 6.61 Å². The number of aliphatic hydroxyl groups excluding tert-OH is 1. The van der Waals surface area contributed by atoms with Crippen molar-refractivity contribution in [2.24, 2.45) is 0 Å². The lowest BCUT2D eigenvalue weighted by atomic mass is 10.2. The van der Waals surface area contributed by atoms with E-state index in [1.165, 1.54) is 5.56 Å². The molecular weight excluding hydrogens is 306 g/mol. The van der Waals surface area contributed by atoms with Crippen LogP contribution >= 0.6 is 0 Å². The SMILES string of the molecule is COc1cc(CN2C[C@H](O)[C@@H](N(C)C)C2)ccc1OCCN(C)C. The molecule has 1 heterocycles. The lowest BCUT2D eigenvalue weighted by Crippen LogP contribution is -2.37. The highest BCUT2D eigenvalue weighted by molar-refractivity contribution is 5.43. The van der Waals surface area contributed by atoms with Gasteiger partial charge in [-0.1, -0.05) is 6.07 Å². The number of rotatable bonds is 8. The summed E-state index contributed by atoms with van der Waals surface area (Å²) in [6.45, 7) is 3.87. The Morgan fingerprint density at radius 1 is 1.17 bits per heavy atom. The maximum absolute atomic E-state index is 10.2. The van der Waals surface area contributed by atoms with E-state index in [9.17, 15) is 5.11 Å². The van der Waals surface area contributed by atoms with Crippen molar-refractivity contribution in [3.63, 3.8) is 0 Å². The third kappa shape index (κ3) is 5.08. The van der Waals surface area contributed by atoms with Crippen molar-refractivity contribution >= 4 is 0 Å². The molecule has 0 aliphatic carbocycles. The van der Waals surface area contributed by atoms with Gasteiger partial charge in [-0.2, -0.15) is 0 Å². The zero-order valence-electron chi connectivity index (χ0n) is 15.5. The van der Waals surface area contributed by atoms with E-state index in [1.54, 1.807) is 7.11 Å². The number of methoxy groups -OCH3 is 1. The summed E-state index contributed by atoms with van der Waals surface area (Å²) in [4.78, 5) is 6.45. The number of likely N-dealkylation sites (N-methyl/N-ethyl adjacent to an activating group) is 2. The van der Waals surface area contributed by atoms with Gasteiger partial charge in [0, 0.05) is 32.2 Å². The summed E-state index contributed by atoms with van der Waals surface area (Å²) >= 11 is 0. The van der Waals surface area contributed by atoms with Crippen LogP contribution in [-0.4, -0.2) is 93.5 Å². The molecule has 136 valence electrons. The molecule has 2 atom stereocenters. The first-order chi connectivity index (χ1) is 11.4. The number of nitrogens with zero attached hydrogens (tertiary/aromatic N) is 3. The molecule has 6 heteroatoms. The zero-order chi connectivity index (χ0) is 17.7. The second-order valence-corrected chi connectivity index (χ2v) is 6.93. The fourth-order valence-electron chi connectivity index (χ4n) is 3.01. The number of benzene rings is 1. The van der Waals surface area contributed by atoms with Crippen LogP contribution in [0.4, 0.5) is 0 Å². The largest absolute Gasteiger partial charge is 0.493 e. The van der Waals surface area contributed by atoms with Crippen LogP contribution in [0.2, 0.25) is 0 Å². The van der Waals surface area contributed by atoms with Crippen LogP contribution in [0.25, 0.3) is 0 Å².